The van der Waals surface area contributed by atoms with Crippen LogP contribution in [0.2, 0.25) is 0 Å². The summed E-state index contributed by atoms with van der Waals surface area (Å²) in [6, 6.07) is 2.97. The topological polar surface area (TPSA) is 82.0 Å². The number of rotatable bonds is 4. The second kappa shape index (κ2) is 5.93. The van der Waals surface area contributed by atoms with Crippen molar-refractivity contribution in [2.45, 2.75) is 19.4 Å². The Morgan fingerprint density at radius 1 is 1.11 bits per heavy atom. The summed E-state index contributed by atoms with van der Waals surface area (Å²) in [4.78, 5) is 0. The van der Waals surface area contributed by atoms with Gasteiger partial charge in [-0.15, -0.1) is 0 Å². The summed E-state index contributed by atoms with van der Waals surface area (Å²) >= 11 is 0. The lowest BCUT2D eigenvalue weighted by Crippen LogP contribution is -2.27. The number of hydrogen-bond acceptors (Lipinski definition) is 5. The van der Waals surface area contributed by atoms with Gasteiger partial charge in [0.15, 0.2) is 11.5 Å². The molecule has 2 rings (SSSR count). The molecule has 0 amide bonds. The van der Waals surface area contributed by atoms with Gasteiger partial charge in [0.25, 0.3) is 0 Å². The largest absolute Gasteiger partial charge is 0.504 e. The molecule has 5 nitrogen and oxygen atoms in total. The summed E-state index contributed by atoms with van der Waals surface area (Å²) in [5.41, 5.74) is 0.581. The molecule has 1 saturated heterocycles. The van der Waals surface area contributed by atoms with Crippen molar-refractivity contribution < 1.29 is 20.1 Å². The van der Waals surface area contributed by atoms with E-state index < -0.39 is 5.75 Å². The van der Waals surface area contributed by atoms with Crippen LogP contribution in [0.3, 0.4) is 0 Å². The molecule has 0 aromatic heterocycles. The minimum absolute atomic E-state index is 0.255. The standard InChI is InChI=1S/C13H19NO4/c15-11-2-1-10(12(16)13(11)17)8-14-7-9-3-5-18-6-4-9/h1-2,9,14-17H,3-8H2. The molecule has 4 N–H and O–H groups in total. The normalized spacial score (nSPS) is 16.9. The fourth-order valence-corrected chi connectivity index (χ4v) is 2.11. The Balaban J connectivity index is 1.84. The maximum atomic E-state index is 9.65. The van der Waals surface area contributed by atoms with Crippen molar-refractivity contribution in [3.8, 4) is 17.2 Å². The number of hydrogen-bond donors (Lipinski definition) is 4. The second-order valence-corrected chi connectivity index (χ2v) is 4.63. The molecule has 100 valence electrons. The Morgan fingerprint density at radius 3 is 2.56 bits per heavy atom. The number of phenolic OH excluding ortho intramolecular Hbond substituents is 3. The molecule has 0 aliphatic carbocycles. The first-order chi connectivity index (χ1) is 8.68. The minimum atomic E-state index is -0.458. The van der Waals surface area contributed by atoms with E-state index in [0.29, 0.717) is 18.0 Å². The van der Waals surface area contributed by atoms with Gasteiger partial charge in [0.1, 0.15) is 0 Å². The van der Waals surface area contributed by atoms with Gasteiger partial charge < -0.3 is 25.4 Å². The molecule has 0 saturated carbocycles. The van der Waals surface area contributed by atoms with Crippen LogP contribution >= 0.6 is 0 Å². The highest BCUT2D eigenvalue weighted by Crippen LogP contribution is 2.36. The monoisotopic (exact) mass is 253 g/mol. The summed E-state index contributed by atoms with van der Waals surface area (Å²) < 4.78 is 5.28. The number of ether oxygens (including phenoxy) is 1. The molecule has 1 aliphatic heterocycles. The van der Waals surface area contributed by atoms with Crippen LogP contribution in [0.1, 0.15) is 18.4 Å². The summed E-state index contributed by atoms with van der Waals surface area (Å²) in [6.45, 7) is 2.97. The third kappa shape index (κ3) is 3.05. The molecule has 0 bridgehead atoms. The van der Waals surface area contributed by atoms with Crippen molar-refractivity contribution in [2.24, 2.45) is 5.92 Å². The summed E-state index contributed by atoms with van der Waals surface area (Å²) in [7, 11) is 0. The van der Waals surface area contributed by atoms with Crippen molar-refractivity contribution in [1.82, 2.24) is 5.32 Å². The lowest BCUT2D eigenvalue weighted by Gasteiger charge is -2.22. The van der Waals surface area contributed by atoms with Crippen LogP contribution in [0.4, 0.5) is 0 Å². The summed E-state index contributed by atoms with van der Waals surface area (Å²) in [6.07, 6.45) is 2.11. The first-order valence-electron chi connectivity index (χ1n) is 6.19. The van der Waals surface area contributed by atoms with Crippen LogP contribution < -0.4 is 5.32 Å². The van der Waals surface area contributed by atoms with E-state index in [4.69, 9.17) is 4.74 Å². The molecule has 1 heterocycles. The first kappa shape index (κ1) is 13.0. The van der Waals surface area contributed by atoms with Crippen LogP contribution in [0.15, 0.2) is 12.1 Å². The lowest BCUT2D eigenvalue weighted by atomic mass is 10.0. The molecule has 5 heteroatoms. The van der Waals surface area contributed by atoms with E-state index in [0.717, 1.165) is 32.6 Å². The van der Waals surface area contributed by atoms with E-state index in [1.165, 1.54) is 6.07 Å². The number of nitrogens with one attached hydrogen (secondary N) is 1. The molecule has 1 aliphatic rings. The highest BCUT2D eigenvalue weighted by molar-refractivity contribution is 5.52. The van der Waals surface area contributed by atoms with Crippen molar-refractivity contribution in [3.63, 3.8) is 0 Å². The zero-order chi connectivity index (χ0) is 13.0. The van der Waals surface area contributed by atoms with Crippen molar-refractivity contribution in [2.75, 3.05) is 19.8 Å². The quantitative estimate of drug-likeness (QED) is 0.608. The fourth-order valence-electron chi connectivity index (χ4n) is 2.11. The molecule has 0 spiro atoms. The maximum absolute atomic E-state index is 9.65. The summed E-state index contributed by atoms with van der Waals surface area (Å²) in [5, 5.41) is 31.5. The SMILES string of the molecule is Oc1ccc(CNCC2CCOCC2)c(O)c1O. The number of benzene rings is 1. The smallest absolute Gasteiger partial charge is 0.200 e. The predicted octanol–water partition coefficient (Wildman–Crippen LogP) is 1.32. The van der Waals surface area contributed by atoms with E-state index in [2.05, 4.69) is 5.32 Å². The molecule has 1 aromatic rings. The van der Waals surface area contributed by atoms with E-state index in [1.54, 1.807) is 6.07 Å². The maximum Gasteiger partial charge on any atom is 0.200 e. The van der Waals surface area contributed by atoms with Crippen molar-refractivity contribution in [3.05, 3.63) is 17.7 Å². The third-order valence-electron chi connectivity index (χ3n) is 3.30. The van der Waals surface area contributed by atoms with E-state index >= 15 is 0 Å². The third-order valence-corrected chi connectivity index (χ3v) is 3.30. The van der Waals surface area contributed by atoms with Crippen LogP contribution in [0.5, 0.6) is 17.2 Å². The van der Waals surface area contributed by atoms with Gasteiger partial charge in [0.05, 0.1) is 0 Å². The van der Waals surface area contributed by atoms with Gasteiger partial charge in [-0.25, -0.2) is 0 Å². The van der Waals surface area contributed by atoms with E-state index in [1.807, 2.05) is 0 Å². The van der Waals surface area contributed by atoms with Gasteiger partial charge in [-0.05, 0) is 31.4 Å². The zero-order valence-corrected chi connectivity index (χ0v) is 10.2. The Kier molecular flexibility index (Phi) is 4.28. The van der Waals surface area contributed by atoms with E-state index in [-0.39, 0.29) is 11.5 Å². The second-order valence-electron chi connectivity index (χ2n) is 4.63. The lowest BCUT2D eigenvalue weighted by molar-refractivity contribution is 0.0662. The molecule has 0 radical (unpaired) electrons. The Bertz CT molecular complexity index is 402. The first-order valence-corrected chi connectivity index (χ1v) is 6.19. The highest BCUT2D eigenvalue weighted by Gasteiger charge is 2.14. The van der Waals surface area contributed by atoms with Crippen molar-refractivity contribution in [1.29, 1.82) is 0 Å². The molecule has 0 atom stereocenters. The van der Waals surface area contributed by atoms with Crippen LogP contribution in [0.25, 0.3) is 0 Å². The molecule has 0 unspecified atom stereocenters. The molecular weight excluding hydrogens is 234 g/mol. The average Bonchev–Trinajstić information content (AvgIpc) is 2.40. The van der Waals surface area contributed by atoms with Gasteiger partial charge >= 0.3 is 0 Å². The van der Waals surface area contributed by atoms with Gasteiger partial charge in [-0.1, -0.05) is 6.07 Å². The van der Waals surface area contributed by atoms with Gasteiger partial charge in [0.2, 0.25) is 5.75 Å². The Morgan fingerprint density at radius 2 is 1.83 bits per heavy atom. The molecule has 18 heavy (non-hydrogen) atoms. The fraction of sp³-hybridized carbons (Fsp3) is 0.538. The van der Waals surface area contributed by atoms with Gasteiger partial charge in [0, 0.05) is 25.3 Å². The number of aromatic hydroxyl groups is 3. The van der Waals surface area contributed by atoms with Gasteiger partial charge in [-0.3, -0.25) is 0 Å². The predicted molar refractivity (Wildman–Crippen MR) is 66.7 cm³/mol. The zero-order valence-electron chi connectivity index (χ0n) is 10.2. The van der Waals surface area contributed by atoms with Crippen LogP contribution in [-0.2, 0) is 11.3 Å². The molecule has 1 aromatic carbocycles. The van der Waals surface area contributed by atoms with Crippen molar-refractivity contribution >= 4 is 0 Å². The highest BCUT2D eigenvalue weighted by atomic mass is 16.5. The average molecular weight is 253 g/mol. The minimum Gasteiger partial charge on any atom is -0.504 e. The van der Waals surface area contributed by atoms with Crippen LogP contribution in [0, 0.1) is 5.92 Å². The Labute approximate surface area is 106 Å². The molecular formula is C13H19NO4. The summed E-state index contributed by atoms with van der Waals surface area (Å²) in [5.74, 6) is -0.415. The van der Waals surface area contributed by atoms with Crippen LogP contribution in [-0.4, -0.2) is 35.1 Å². The van der Waals surface area contributed by atoms with Gasteiger partial charge in [-0.2, -0.15) is 0 Å². The Hall–Kier alpha value is -1.46. The number of phenols is 3. The van der Waals surface area contributed by atoms with E-state index in [9.17, 15) is 15.3 Å². The molecule has 1 fully saturated rings.